The molecular formula is C21H20F2N4O. The van der Waals surface area contributed by atoms with E-state index in [0.29, 0.717) is 17.7 Å². The van der Waals surface area contributed by atoms with Crippen molar-refractivity contribution in [3.8, 4) is 5.82 Å². The number of nitrogens with two attached hydrogens (primary N) is 1. The Bertz CT molecular complexity index is 1000. The third kappa shape index (κ3) is 2.77. The second-order valence-electron chi connectivity index (χ2n) is 7.84. The molecule has 7 heteroatoms. The zero-order valence-electron chi connectivity index (χ0n) is 15.2. The lowest BCUT2D eigenvalue weighted by Gasteiger charge is -2.29. The summed E-state index contributed by atoms with van der Waals surface area (Å²) in [5.74, 6) is 0.642. The highest BCUT2D eigenvalue weighted by molar-refractivity contribution is 5.94. The highest BCUT2D eigenvalue weighted by Gasteiger charge is 2.44. The van der Waals surface area contributed by atoms with Gasteiger partial charge in [-0.2, -0.15) is 5.10 Å². The topological polar surface area (TPSA) is 73.8 Å². The highest BCUT2D eigenvalue weighted by atomic mass is 19.2. The number of primary amides is 1. The van der Waals surface area contributed by atoms with Gasteiger partial charge in [-0.1, -0.05) is 18.2 Å². The number of hydrogen-bond donors (Lipinski definition) is 1. The van der Waals surface area contributed by atoms with Gasteiger partial charge in [0.2, 0.25) is 5.91 Å². The fraction of sp³-hybridized carbons (Fsp3) is 0.381. The van der Waals surface area contributed by atoms with E-state index in [1.807, 2.05) is 4.68 Å². The maximum absolute atomic E-state index is 15.4. The molecule has 144 valence electrons. The first-order valence-corrected chi connectivity index (χ1v) is 9.56. The van der Waals surface area contributed by atoms with Crippen molar-refractivity contribution in [3.63, 3.8) is 0 Å². The van der Waals surface area contributed by atoms with Crippen molar-refractivity contribution in [3.05, 3.63) is 65.1 Å². The summed E-state index contributed by atoms with van der Waals surface area (Å²) in [6.45, 7) is 0. The number of carbonyl (C=O) groups is 1. The predicted octanol–water partition coefficient (Wildman–Crippen LogP) is 3.51. The summed E-state index contributed by atoms with van der Waals surface area (Å²) in [6, 6.07) is 5.31. The molecule has 5 rings (SSSR count). The molecule has 0 bridgehead atoms. The molecule has 28 heavy (non-hydrogen) atoms. The summed E-state index contributed by atoms with van der Waals surface area (Å²) in [7, 11) is 0. The Morgan fingerprint density at radius 2 is 1.96 bits per heavy atom. The van der Waals surface area contributed by atoms with Crippen LogP contribution in [-0.4, -0.2) is 26.8 Å². The molecular weight excluding hydrogens is 362 g/mol. The van der Waals surface area contributed by atoms with Crippen LogP contribution < -0.4 is 5.73 Å². The Morgan fingerprint density at radius 3 is 2.57 bits per heavy atom. The average Bonchev–Trinajstić information content (AvgIpc) is 3.62. The first-order valence-electron chi connectivity index (χ1n) is 9.56. The molecule has 2 heterocycles. The molecule has 1 amide bonds. The molecule has 2 unspecified atom stereocenters. The van der Waals surface area contributed by atoms with Crippen LogP contribution in [0.15, 0.2) is 48.2 Å². The summed E-state index contributed by atoms with van der Waals surface area (Å²) in [4.78, 5) is 15.7. The summed E-state index contributed by atoms with van der Waals surface area (Å²) < 4.78 is 31.9. The van der Waals surface area contributed by atoms with Crippen molar-refractivity contribution in [1.29, 1.82) is 0 Å². The monoisotopic (exact) mass is 382 g/mol. The Labute approximate surface area is 160 Å². The molecule has 2 saturated carbocycles. The summed E-state index contributed by atoms with van der Waals surface area (Å²) in [5, 5.41) is 4.72. The molecule has 0 aromatic carbocycles. The standard InChI is InChI=1S/C21H20F2N4O/c22-19-15(20(24)28)2-1-9-21(19,23)14-7-8-18(25-11-14)27-17(13-5-6-13)10-16(26-27)12-3-4-12/h1-2,7-13,19H,3-6H2,(H2,24,28). The van der Waals surface area contributed by atoms with Crippen LogP contribution in [0, 0.1) is 0 Å². The molecule has 2 aromatic heterocycles. The van der Waals surface area contributed by atoms with Crippen molar-refractivity contribution in [2.45, 2.75) is 49.4 Å². The SMILES string of the molecule is NC(=O)C1=CC=CC(F)(c2ccc(-n3nc(C4CC4)cc3C3CC3)nc2)C1F. The Kier molecular flexibility index (Phi) is 3.76. The number of rotatable bonds is 5. The average molecular weight is 382 g/mol. The summed E-state index contributed by atoms with van der Waals surface area (Å²) >= 11 is 0. The van der Waals surface area contributed by atoms with Gasteiger partial charge in [0.25, 0.3) is 0 Å². The zero-order valence-corrected chi connectivity index (χ0v) is 15.2. The van der Waals surface area contributed by atoms with Gasteiger partial charge in [-0.15, -0.1) is 0 Å². The lowest BCUT2D eigenvalue weighted by Crippen LogP contribution is -2.38. The Balaban J connectivity index is 1.48. The van der Waals surface area contributed by atoms with Crippen LogP contribution >= 0.6 is 0 Å². The fourth-order valence-electron chi connectivity index (χ4n) is 3.72. The number of alkyl halides is 2. The number of carbonyl (C=O) groups excluding carboxylic acids is 1. The Hall–Kier alpha value is -2.83. The minimum atomic E-state index is -2.48. The lowest BCUT2D eigenvalue weighted by atomic mass is 9.84. The van der Waals surface area contributed by atoms with E-state index < -0.39 is 17.7 Å². The lowest BCUT2D eigenvalue weighted by molar-refractivity contribution is -0.115. The van der Waals surface area contributed by atoms with Gasteiger partial charge in [-0.25, -0.2) is 18.4 Å². The van der Waals surface area contributed by atoms with Crippen LogP contribution in [0.4, 0.5) is 8.78 Å². The first kappa shape index (κ1) is 17.3. The number of nitrogens with zero attached hydrogens (tertiary/aromatic N) is 3. The maximum atomic E-state index is 15.4. The van der Waals surface area contributed by atoms with E-state index in [0.717, 1.165) is 43.1 Å². The molecule has 0 saturated heterocycles. The summed E-state index contributed by atoms with van der Waals surface area (Å²) in [6.07, 6.45) is 7.35. The first-order chi connectivity index (χ1) is 13.5. The van der Waals surface area contributed by atoms with Gasteiger partial charge >= 0.3 is 0 Å². The number of halogens is 2. The number of aromatic nitrogens is 3. The van der Waals surface area contributed by atoms with E-state index in [2.05, 4.69) is 11.1 Å². The molecule has 2 N–H and O–H groups in total. The normalized spacial score (nSPS) is 26.9. The molecule has 2 aromatic rings. The van der Waals surface area contributed by atoms with Gasteiger partial charge in [0, 0.05) is 29.3 Å². The van der Waals surface area contributed by atoms with Crippen molar-refractivity contribution in [2.24, 2.45) is 5.73 Å². The molecule has 5 nitrogen and oxygen atoms in total. The molecule has 0 spiro atoms. The number of hydrogen-bond acceptors (Lipinski definition) is 3. The van der Waals surface area contributed by atoms with Gasteiger partial charge < -0.3 is 5.73 Å². The van der Waals surface area contributed by atoms with Crippen molar-refractivity contribution in [1.82, 2.24) is 14.8 Å². The van der Waals surface area contributed by atoms with Crippen LogP contribution in [0.3, 0.4) is 0 Å². The van der Waals surface area contributed by atoms with E-state index in [1.165, 1.54) is 24.4 Å². The number of amides is 1. The van der Waals surface area contributed by atoms with Crippen molar-refractivity contribution >= 4 is 5.91 Å². The van der Waals surface area contributed by atoms with Crippen LogP contribution in [0.25, 0.3) is 5.82 Å². The summed E-state index contributed by atoms with van der Waals surface area (Å²) in [5.41, 5.74) is 4.56. The van der Waals surface area contributed by atoms with Crippen LogP contribution in [0.5, 0.6) is 0 Å². The van der Waals surface area contributed by atoms with Crippen LogP contribution in [0.2, 0.25) is 0 Å². The van der Waals surface area contributed by atoms with Crippen molar-refractivity contribution in [2.75, 3.05) is 0 Å². The quantitative estimate of drug-likeness (QED) is 0.860. The highest BCUT2D eigenvalue weighted by Crippen LogP contribution is 2.45. The minimum Gasteiger partial charge on any atom is -0.366 e. The van der Waals surface area contributed by atoms with Crippen LogP contribution in [0.1, 0.15) is 54.5 Å². The third-order valence-electron chi connectivity index (χ3n) is 5.70. The fourth-order valence-corrected chi connectivity index (χ4v) is 3.72. The predicted molar refractivity (Wildman–Crippen MR) is 99.4 cm³/mol. The molecule has 0 aliphatic heterocycles. The van der Waals surface area contributed by atoms with Crippen LogP contribution in [-0.2, 0) is 10.5 Å². The molecule has 3 aliphatic rings. The largest absolute Gasteiger partial charge is 0.366 e. The van der Waals surface area contributed by atoms with E-state index in [4.69, 9.17) is 10.8 Å². The van der Waals surface area contributed by atoms with Gasteiger partial charge in [0.1, 0.15) is 0 Å². The van der Waals surface area contributed by atoms with Gasteiger partial charge in [0.15, 0.2) is 17.7 Å². The van der Waals surface area contributed by atoms with Gasteiger partial charge in [0.05, 0.1) is 11.3 Å². The molecule has 2 atom stereocenters. The molecule has 0 radical (unpaired) electrons. The van der Waals surface area contributed by atoms with E-state index in [1.54, 1.807) is 6.07 Å². The molecule has 2 fully saturated rings. The second-order valence-corrected chi connectivity index (χ2v) is 7.84. The van der Waals surface area contributed by atoms with Gasteiger partial charge in [-0.3, -0.25) is 4.79 Å². The zero-order chi connectivity index (χ0) is 19.5. The smallest absolute Gasteiger partial charge is 0.247 e. The molecule has 3 aliphatic carbocycles. The van der Waals surface area contributed by atoms with Gasteiger partial charge in [-0.05, 0) is 43.9 Å². The van der Waals surface area contributed by atoms with E-state index >= 15 is 4.39 Å². The number of pyridine rings is 1. The minimum absolute atomic E-state index is 0.0365. The number of allylic oxidation sites excluding steroid dienone is 3. The van der Waals surface area contributed by atoms with Crippen molar-refractivity contribution < 1.29 is 13.6 Å². The Morgan fingerprint density at radius 1 is 1.21 bits per heavy atom. The third-order valence-corrected chi connectivity index (χ3v) is 5.70. The van der Waals surface area contributed by atoms with E-state index in [-0.39, 0.29) is 11.1 Å². The maximum Gasteiger partial charge on any atom is 0.247 e. The van der Waals surface area contributed by atoms with E-state index in [9.17, 15) is 9.18 Å². The second kappa shape index (κ2) is 6.09.